The monoisotopic (exact) mass is 296 g/mol. The molecule has 0 radical (unpaired) electrons. The van der Waals surface area contributed by atoms with Gasteiger partial charge in [0.05, 0.1) is 0 Å². The molecule has 0 aliphatic carbocycles. The van der Waals surface area contributed by atoms with E-state index in [1.54, 1.807) is 0 Å². The second kappa shape index (κ2) is 7.94. The van der Waals surface area contributed by atoms with Crippen molar-refractivity contribution >= 4 is 5.82 Å². The number of anilines is 1. The molecular formula is C13H24N6O2. The zero-order chi connectivity index (χ0) is 15.1. The molecule has 0 unspecified atom stereocenters. The van der Waals surface area contributed by atoms with E-state index in [0.717, 1.165) is 65.0 Å². The topological polar surface area (TPSA) is 111 Å². The van der Waals surface area contributed by atoms with Crippen LogP contribution in [0.5, 0.6) is 0 Å². The maximum absolute atomic E-state index is 11.8. The van der Waals surface area contributed by atoms with Crippen LogP contribution in [-0.2, 0) is 0 Å². The van der Waals surface area contributed by atoms with Crippen LogP contribution in [-0.4, -0.2) is 59.3 Å². The van der Waals surface area contributed by atoms with E-state index >= 15 is 0 Å². The number of aromatic nitrogens is 3. The molecule has 1 aliphatic heterocycles. The molecule has 118 valence electrons. The van der Waals surface area contributed by atoms with Gasteiger partial charge in [0.25, 0.3) is 5.56 Å². The molecule has 0 bridgehead atoms. The molecule has 1 aliphatic rings. The van der Waals surface area contributed by atoms with Crippen LogP contribution in [0.3, 0.4) is 0 Å². The van der Waals surface area contributed by atoms with Gasteiger partial charge in [0.2, 0.25) is 5.82 Å². The second-order valence-electron chi connectivity index (χ2n) is 5.36. The Balaban J connectivity index is 1.88. The minimum Gasteiger partial charge on any atom is -0.349 e. The number of aromatic amines is 2. The molecule has 1 aromatic rings. The molecule has 2 rings (SSSR count). The molecule has 2 heterocycles. The van der Waals surface area contributed by atoms with Gasteiger partial charge < -0.3 is 15.5 Å². The molecule has 1 fully saturated rings. The normalized spacial score (nSPS) is 16.9. The van der Waals surface area contributed by atoms with Crippen molar-refractivity contribution in [3.63, 3.8) is 0 Å². The maximum Gasteiger partial charge on any atom is 0.342 e. The molecule has 21 heavy (non-hydrogen) atoms. The Kier molecular flexibility index (Phi) is 5.94. The van der Waals surface area contributed by atoms with Gasteiger partial charge in [0, 0.05) is 19.6 Å². The lowest BCUT2D eigenvalue weighted by Gasteiger charge is -2.21. The van der Waals surface area contributed by atoms with Gasteiger partial charge in [0.15, 0.2) is 0 Å². The van der Waals surface area contributed by atoms with Crippen molar-refractivity contribution in [2.45, 2.75) is 25.7 Å². The van der Waals surface area contributed by atoms with E-state index in [2.05, 4.69) is 20.1 Å². The first-order valence-corrected chi connectivity index (χ1v) is 7.57. The Morgan fingerprint density at radius 1 is 1.10 bits per heavy atom. The standard InChI is InChI=1S/C13H24N6O2/c14-5-2-1-3-6-18-7-4-8-19(10-9-18)11-12(20)15-13(21)17-16-11/h1-10,14H2,(H2,15,17,20,21). The molecule has 8 heteroatoms. The van der Waals surface area contributed by atoms with Crippen molar-refractivity contribution in [1.29, 1.82) is 0 Å². The number of unbranched alkanes of at least 4 members (excludes halogenated alkanes) is 2. The van der Waals surface area contributed by atoms with Crippen LogP contribution in [0, 0.1) is 0 Å². The van der Waals surface area contributed by atoms with Gasteiger partial charge in [0.1, 0.15) is 0 Å². The number of hydrogen-bond donors (Lipinski definition) is 3. The van der Waals surface area contributed by atoms with Crippen LogP contribution in [0.1, 0.15) is 25.7 Å². The van der Waals surface area contributed by atoms with E-state index in [0.29, 0.717) is 5.82 Å². The van der Waals surface area contributed by atoms with Crippen molar-refractivity contribution in [2.75, 3.05) is 44.2 Å². The summed E-state index contributed by atoms with van der Waals surface area (Å²) < 4.78 is 0. The van der Waals surface area contributed by atoms with Gasteiger partial charge in [-0.25, -0.2) is 9.89 Å². The van der Waals surface area contributed by atoms with Crippen LogP contribution in [0.25, 0.3) is 0 Å². The van der Waals surface area contributed by atoms with E-state index in [9.17, 15) is 9.59 Å². The minimum atomic E-state index is -0.569. The molecule has 4 N–H and O–H groups in total. The van der Waals surface area contributed by atoms with Gasteiger partial charge in [-0.1, -0.05) is 6.42 Å². The Hall–Kier alpha value is -1.67. The lowest BCUT2D eigenvalue weighted by Crippen LogP contribution is -2.37. The summed E-state index contributed by atoms with van der Waals surface area (Å²) in [5.41, 5.74) is 4.50. The number of hydrogen-bond acceptors (Lipinski definition) is 6. The minimum absolute atomic E-state index is 0.305. The van der Waals surface area contributed by atoms with Gasteiger partial charge in [-0.15, -0.1) is 5.10 Å². The lowest BCUT2D eigenvalue weighted by atomic mass is 10.2. The summed E-state index contributed by atoms with van der Waals surface area (Å²) in [6.45, 7) is 5.29. The summed E-state index contributed by atoms with van der Waals surface area (Å²) in [6.07, 6.45) is 4.39. The third-order valence-corrected chi connectivity index (χ3v) is 3.76. The Morgan fingerprint density at radius 3 is 2.71 bits per heavy atom. The van der Waals surface area contributed by atoms with Crippen molar-refractivity contribution in [2.24, 2.45) is 5.73 Å². The molecular weight excluding hydrogens is 272 g/mol. The van der Waals surface area contributed by atoms with Gasteiger partial charge >= 0.3 is 5.69 Å². The van der Waals surface area contributed by atoms with E-state index in [-0.39, 0.29) is 0 Å². The number of H-pyrrole nitrogens is 2. The van der Waals surface area contributed by atoms with E-state index in [1.807, 2.05) is 4.90 Å². The smallest absolute Gasteiger partial charge is 0.342 e. The summed E-state index contributed by atoms with van der Waals surface area (Å²) >= 11 is 0. The highest BCUT2D eigenvalue weighted by Gasteiger charge is 2.18. The second-order valence-corrected chi connectivity index (χ2v) is 5.36. The van der Waals surface area contributed by atoms with Gasteiger partial charge in [-0.2, -0.15) is 0 Å². The van der Waals surface area contributed by atoms with E-state index in [4.69, 9.17) is 5.73 Å². The summed E-state index contributed by atoms with van der Waals surface area (Å²) in [7, 11) is 0. The first-order chi connectivity index (χ1) is 10.2. The number of rotatable bonds is 6. The summed E-state index contributed by atoms with van der Waals surface area (Å²) in [5.74, 6) is 0.305. The molecule has 8 nitrogen and oxygen atoms in total. The van der Waals surface area contributed by atoms with Crippen LogP contribution >= 0.6 is 0 Å². The van der Waals surface area contributed by atoms with Gasteiger partial charge in [-0.3, -0.25) is 9.78 Å². The fraction of sp³-hybridized carbons (Fsp3) is 0.769. The number of nitrogens with zero attached hydrogens (tertiary/aromatic N) is 3. The molecule has 0 saturated carbocycles. The summed E-state index contributed by atoms with van der Waals surface area (Å²) in [6, 6.07) is 0. The van der Waals surface area contributed by atoms with Crippen LogP contribution in [0.4, 0.5) is 5.82 Å². The number of nitrogens with one attached hydrogen (secondary N) is 2. The molecule has 1 aromatic heterocycles. The van der Waals surface area contributed by atoms with E-state index in [1.165, 1.54) is 0 Å². The van der Waals surface area contributed by atoms with Crippen LogP contribution < -0.4 is 21.9 Å². The SMILES string of the molecule is NCCCCCN1CCCN(c2n[nH]c(=O)[nH]c2=O)CC1. The third kappa shape index (κ3) is 4.68. The zero-order valence-corrected chi connectivity index (χ0v) is 12.3. The average molecular weight is 296 g/mol. The maximum atomic E-state index is 11.8. The predicted octanol–water partition coefficient (Wildman–Crippen LogP) is -0.901. The summed E-state index contributed by atoms with van der Waals surface area (Å²) in [4.78, 5) is 29.4. The highest BCUT2D eigenvalue weighted by molar-refractivity contribution is 5.34. The third-order valence-electron chi connectivity index (χ3n) is 3.76. The first kappa shape index (κ1) is 15.7. The predicted molar refractivity (Wildman–Crippen MR) is 81.7 cm³/mol. The quantitative estimate of drug-likeness (QED) is 0.587. The Bertz CT molecular complexity index is 540. The molecule has 0 atom stereocenters. The fourth-order valence-corrected chi connectivity index (χ4v) is 2.62. The van der Waals surface area contributed by atoms with Gasteiger partial charge in [-0.05, 0) is 38.9 Å². The molecule has 1 saturated heterocycles. The largest absolute Gasteiger partial charge is 0.349 e. The van der Waals surface area contributed by atoms with Crippen molar-refractivity contribution in [3.8, 4) is 0 Å². The first-order valence-electron chi connectivity index (χ1n) is 7.57. The Morgan fingerprint density at radius 2 is 1.95 bits per heavy atom. The van der Waals surface area contributed by atoms with Crippen molar-refractivity contribution in [1.82, 2.24) is 20.1 Å². The Labute approximate surface area is 123 Å². The van der Waals surface area contributed by atoms with Crippen molar-refractivity contribution < 1.29 is 0 Å². The fourth-order valence-electron chi connectivity index (χ4n) is 2.62. The lowest BCUT2D eigenvalue weighted by molar-refractivity contribution is 0.286. The summed E-state index contributed by atoms with van der Waals surface area (Å²) in [5, 5.41) is 6.16. The van der Waals surface area contributed by atoms with Crippen LogP contribution in [0.2, 0.25) is 0 Å². The molecule has 0 aromatic carbocycles. The zero-order valence-electron chi connectivity index (χ0n) is 12.3. The highest BCUT2D eigenvalue weighted by atomic mass is 16.2. The molecule has 0 spiro atoms. The molecule has 0 amide bonds. The number of nitrogens with two attached hydrogens (primary N) is 1. The van der Waals surface area contributed by atoms with Crippen molar-refractivity contribution in [3.05, 3.63) is 20.8 Å². The average Bonchev–Trinajstić information content (AvgIpc) is 2.69. The highest BCUT2D eigenvalue weighted by Crippen LogP contribution is 2.09. The van der Waals surface area contributed by atoms with Crippen LogP contribution in [0.15, 0.2) is 9.59 Å². The van der Waals surface area contributed by atoms with E-state index < -0.39 is 11.2 Å².